The molecule has 1 unspecified atom stereocenters. The number of carbonyl (C=O) groups is 1. The molecule has 1 N–H and O–H groups in total. The highest BCUT2D eigenvalue weighted by Gasteiger charge is 2.24. The van der Waals surface area contributed by atoms with E-state index >= 15 is 0 Å². The number of rotatable bonds is 4. The van der Waals surface area contributed by atoms with Gasteiger partial charge in [-0.05, 0) is 32.8 Å². The number of nitrogens with one attached hydrogen (secondary N) is 1. The molecular formula is C14H17N3O4. The predicted octanol–water partition coefficient (Wildman–Crippen LogP) is 2.06. The maximum absolute atomic E-state index is 12.0. The van der Waals surface area contributed by atoms with Gasteiger partial charge in [-0.2, -0.15) is 4.98 Å². The van der Waals surface area contributed by atoms with Crippen LogP contribution < -0.4 is 5.32 Å². The first-order chi connectivity index (χ1) is 10.1. The van der Waals surface area contributed by atoms with Gasteiger partial charge >= 0.3 is 0 Å². The van der Waals surface area contributed by atoms with Crippen LogP contribution in [-0.2, 0) is 11.3 Å². The number of aromatic nitrogens is 2. The Labute approximate surface area is 121 Å². The highest BCUT2D eigenvalue weighted by molar-refractivity contribution is 5.95. The van der Waals surface area contributed by atoms with Gasteiger partial charge in [-0.3, -0.25) is 4.79 Å². The van der Waals surface area contributed by atoms with Crippen LogP contribution in [-0.4, -0.2) is 22.7 Å². The topological polar surface area (TPSA) is 90.4 Å². The molecule has 1 aliphatic heterocycles. The van der Waals surface area contributed by atoms with Crippen LogP contribution in [0, 0.1) is 13.8 Å². The molecule has 2 aromatic heterocycles. The third-order valence-electron chi connectivity index (χ3n) is 3.38. The lowest BCUT2D eigenvalue weighted by Gasteiger charge is -2.01. The van der Waals surface area contributed by atoms with Crippen molar-refractivity contribution in [3.8, 4) is 0 Å². The van der Waals surface area contributed by atoms with Crippen LogP contribution >= 0.6 is 0 Å². The van der Waals surface area contributed by atoms with Crippen molar-refractivity contribution in [2.75, 3.05) is 6.61 Å². The number of furan rings is 1. The minimum Gasteiger partial charge on any atom is -0.466 e. The van der Waals surface area contributed by atoms with Crippen molar-refractivity contribution in [1.29, 1.82) is 0 Å². The predicted molar refractivity (Wildman–Crippen MR) is 71.6 cm³/mol. The first-order valence-electron chi connectivity index (χ1n) is 6.93. The lowest BCUT2D eigenvalue weighted by Crippen LogP contribution is -2.23. The van der Waals surface area contributed by atoms with Crippen molar-refractivity contribution in [1.82, 2.24) is 15.5 Å². The number of hydrogen-bond acceptors (Lipinski definition) is 6. The van der Waals surface area contributed by atoms with Crippen LogP contribution in [0.25, 0.3) is 0 Å². The Morgan fingerprint density at radius 3 is 3.00 bits per heavy atom. The van der Waals surface area contributed by atoms with E-state index in [1.54, 1.807) is 19.9 Å². The molecule has 1 aliphatic rings. The lowest BCUT2D eigenvalue weighted by molar-refractivity contribution is 0.0835. The van der Waals surface area contributed by atoms with Gasteiger partial charge in [-0.15, -0.1) is 0 Å². The Kier molecular flexibility index (Phi) is 3.74. The van der Waals surface area contributed by atoms with Crippen LogP contribution in [0.5, 0.6) is 0 Å². The first-order valence-corrected chi connectivity index (χ1v) is 6.93. The molecule has 2 aromatic rings. The van der Waals surface area contributed by atoms with Crippen LogP contribution in [0.2, 0.25) is 0 Å². The monoisotopic (exact) mass is 291 g/mol. The van der Waals surface area contributed by atoms with Gasteiger partial charge in [-0.1, -0.05) is 5.16 Å². The van der Waals surface area contributed by atoms with Crippen LogP contribution in [0.3, 0.4) is 0 Å². The summed E-state index contributed by atoms with van der Waals surface area (Å²) in [5.74, 6) is 2.00. The van der Waals surface area contributed by atoms with Crippen molar-refractivity contribution >= 4 is 5.91 Å². The lowest BCUT2D eigenvalue weighted by atomic mass is 10.2. The van der Waals surface area contributed by atoms with Crippen LogP contribution in [0.15, 0.2) is 15.0 Å². The number of ether oxygens (including phenoxy) is 1. The summed E-state index contributed by atoms with van der Waals surface area (Å²) in [6.07, 6.45) is 1.78. The van der Waals surface area contributed by atoms with Crippen molar-refractivity contribution in [3.63, 3.8) is 0 Å². The summed E-state index contributed by atoms with van der Waals surface area (Å²) >= 11 is 0. The van der Waals surface area contributed by atoms with E-state index in [1.165, 1.54) is 0 Å². The zero-order valence-electron chi connectivity index (χ0n) is 12.0. The second-order valence-corrected chi connectivity index (χ2v) is 5.06. The molecule has 1 fully saturated rings. The molecule has 0 spiro atoms. The van der Waals surface area contributed by atoms with Gasteiger partial charge in [0.1, 0.15) is 17.6 Å². The van der Waals surface area contributed by atoms with Crippen molar-refractivity contribution in [3.05, 3.63) is 34.9 Å². The van der Waals surface area contributed by atoms with Gasteiger partial charge in [-0.25, -0.2) is 0 Å². The van der Waals surface area contributed by atoms with Crippen LogP contribution in [0.4, 0.5) is 0 Å². The van der Waals surface area contributed by atoms with E-state index in [0.29, 0.717) is 28.8 Å². The summed E-state index contributed by atoms with van der Waals surface area (Å²) < 4.78 is 16.0. The Hall–Kier alpha value is -2.15. The second-order valence-electron chi connectivity index (χ2n) is 5.06. The van der Waals surface area contributed by atoms with Gasteiger partial charge in [0.05, 0.1) is 12.1 Å². The SMILES string of the molecule is Cc1cc(C(=O)NCc2noc(C3CCCO3)n2)c(C)o1. The smallest absolute Gasteiger partial charge is 0.255 e. The molecule has 0 bridgehead atoms. The molecule has 21 heavy (non-hydrogen) atoms. The largest absolute Gasteiger partial charge is 0.466 e. The van der Waals surface area contributed by atoms with Crippen molar-refractivity contribution in [2.45, 2.75) is 39.3 Å². The van der Waals surface area contributed by atoms with E-state index in [9.17, 15) is 4.79 Å². The average molecular weight is 291 g/mol. The van der Waals surface area contributed by atoms with E-state index in [-0.39, 0.29) is 18.6 Å². The zero-order chi connectivity index (χ0) is 14.8. The summed E-state index contributed by atoms with van der Waals surface area (Å²) in [5, 5.41) is 6.60. The fourth-order valence-electron chi connectivity index (χ4n) is 2.35. The van der Waals surface area contributed by atoms with E-state index in [4.69, 9.17) is 13.7 Å². The molecule has 112 valence electrons. The van der Waals surface area contributed by atoms with Gasteiger partial charge in [0, 0.05) is 6.61 Å². The minimum absolute atomic E-state index is 0.110. The molecule has 0 aromatic carbocycles. The molecule has 0 aliphatic carbocycles. The van der Waals surface area contributed by atoms with E-state index in [2.05, 4.69) is 15.5 Å². The molecule has 0 saturated carbocycles. The summed E-state index contributed by atoms with van der Waals surface area (Å²) in [6.45, 7) is 4.49. The number of carbonyl (C=O) groups excluding carboxylic acids is 1. The molecule has 3 heterocycles. The summed E-state index contributed by atoms with van der Waals surface area (Å²) in [4.78, 5) is 16.3. The third-order valence-corrected chi connectivity index (χ3v) is 3.38. The Bertz CT molecular complexity index is 640. The summed E-state index contributed by atoms with van der Waals surface area (Å²) in [6, 6.07) is 1.71. The third kappa shape index (κ3) is 2.97. The molecule has 1 saturated heterocycles. The molecular weight excluding hydrogens is 274 g/mol. The Morgan fingerprint density at radius 2 is 2.33 bits per heavy atom. The molecule has 1 amide bonds. The zero-order valence-corrected chi connectivity index (χ0v) is 12.0. The summed E-state index contributed by atoms with van der Waals surface area (Å²) in [7, 11) is 0. The molecule has 0 radical (unpaired) electrons. The molecule has 3 rings (SSSR count). The molecule has 1 atom stereocenters. The average Bonchev–Trinajstić information content (AvgIpc) is 3.15. The standard InChI is InChI=1S/C14H17N3O4/c1-8-6-10(9(2)20-8)13(18)15-7-12-16-14(21-17-12)11-4-3-5-19-11/h6,11H,3-5,7H2,1-2H3,(H,15,18). The molecule has 7 heteroatoms. The summed E-state index contributed by atoms with van der Waals surface area (Å²) in [5.41, 5.74) is 0.523. The maximum atomic E-state index is 12.0. The van der Waals surface area contributed by atoms with E-state index in [0.717, 1.165) is 19.4 Å². The fourth-order valence-corrected chi connectivity index (χ4v) is 2.35. The van der Waals surface area contributed by atoms with Gasteiger partial charge < -0.3 is 19.0 Å². The van der Waals surface area contributed by atoms with Crippen LogP contribution in [0.1, 0.15) is 52.5 Å². The van der Waals surface area contributed by atoms with Crippen molar-refractivity contribution < 1.29 is 18.5 Å². The quantitative estimate of drug-likeness (QED) is 0.927. The fraction of sp³-hybridized carbons (Fsp3) is 0.500. The highest BCUT2D eigenvalue weighted by atomic mass is 16.5. The number of nitrogens with zero attached hydrogens (tertiary/aromatic N) is 2. The van der Waals surface area contributed by atoms with E-state index in [1.807, 2.05) is 0 Å². The van der Waals surface area contributed by atoms with Crippen molar-refractivity contribution in [2.24, 2.45) is 0 Å². The number of hydrogen-bond donors (Lipinski definition) is 1. The molecule has 7 nitrogen and oxygen atoms in total. The first kappa shape index (κ1) is 13.8. The maximum Gasteiger partial charge on any atom is 0.255 e. The number of aryl methyl sites for hydroxylation is 2. The Morgan fingerprint density at radius 1 is 1.48 bits per heavy atom. The normalized spacial score (nSPS) is 18.1. The van der Waals surface area contributed by atoms with Gasteiger partial charge in [0.2, 0.25) is 0 Å². The van der Waals surface area contributed by atoms with Gasteiger partial charge in [0.25, 0.3) is 11.8 Å². The second kappa shape index (κ2) is 5.69. The Balaban J connectivity index is 1.60. The highest BCUT2D eigenvalue weighted by Crippen LogP contribution is 2.26. The van der Waals surface area contributed by atoms with Gasteiger partial charge in [0.15, 0.2) is 5.82 Å². The minimum atomic E-state index is -0.215. The van der Waals surface area contributed by atoms with E-state index < -0.39 is 0 Å². The number of amides is 1.